The summed E-state index contributed by atoms with van der Waals surface area (Å²) in [5.74, 6) is 0.350. The second-order valence-electron chi connectivity index (χ2n) is 6.47. The van der Waals surface area contributed by atoms with E-state index in [1.165, 1.54) is 11.8 Å². The SMILES string of the molecule is CC1CCN(C(=O)CN2C(=O)CSc3ccccc32)c2ccccc2S1. The quantitative estimate of drug-likeness (QED) is 0.783. The van der Waals surface area contributed by atoms with E-state index in [-0.39, 0.29) is 18.4 Å². The molecule has 2 aliphatic rings. The molecule has 0 bridgehead atoms. The second-order valence-corrected chi connectivity index (χ2v) is 8.96. The highest BCUT2D eigenvalue weighted by Gasteiger charge is 2.30. The third-order valence-corrected chi connectivity index (χ3v) is 6.93. The zero-order valence-corrected chi connectivity index (χ0v) is 16.2. The van der Waals surface area contributed by atoms with Crippen LogP contribution in [0.1, 0.15) is 13.3 Å². The maximum Gasteiger partial charge on any atom is 0.247 e. The van der Waals surface area contributed by atoms with Crippen LogP contribution in [0.5, 0.6) is 0 Å². The van der Waals surface area contributed by atoms with Crippen LogP contribution in [-0.4, -0.2) is 35.9 Å². The Bertz CT molecular complexity index is 855. The van der Waals surface area contributed by atoms with Crippen LogP contribution in [0.3, 0.4) is 0 Å². The van der Waals surface area contributed by atoms with Crippen molar-refractivity contribution >= 4 is 46.7 Å². The van der Waals surface area contributed by atoms with Gasteiger partial charge in [0.05, 0.1) is 17.1 Å². The fourth-order valence-electron chi connectivity index (χ4n) is 3.29. The lowest BCUT2D eigenvalue weighted by Crippen LogP contribution is -2.45. The monoisotopic (exact) mass is 384 g/mol. The maximum absolute atomic E-state index is 13.2. The van der Waals surface area contributed by atoms with Gasteiger partial charge in [-0.15, -0.1) is 23.5 Å². The topological polar surface area (TPSA) is 40.6 Å². The number of thioether (sulfide) groups is 2. The number of carbonyl (C=O) groups is 2. The second kappa shape index (κ2) is 7.37. The van der Waals surface area contributed by atoms with E-state index in [9.17, 15) is 9.59 Å². The van der Waals surface area contributed by atoms with Crippen molar-refractivity contribution in [1.82, 2.24) is 0 Å². The molecule has 0 saturated carbocycles. The Kier molecular flexibility index (Phi) is 4.96. The van der Waals surface area contributed by atoms with Gasteiger partial charge in [0.1, 0.15) is 6.54 Å². The maximum atomic E-state index is 13.2. The van der Waals surface area contributed by atoms with Gasteiger partial charge >= 0.3 is 0 Å². The number of para-hydroxylation sites is 2. The Morgan fingerprint density at radius 1 is 1.08 bits per heavy atom. The molecular formula is C20H20N2O2S2. The van der Waals surface area contributed by atoms with Gasteiger partial charge in [-0.3, -0.25) is 9.59 Å². The van der Waals surface area contributed by atoms with Gasteiger partial charge in [0.15, 0.2) is 0 Å². The largest absolute Gasteiger partial charge is 0.310 e. The van der Waals surface area contributed by atoms with Crippen molar-refractivity contribution in [3.8, 4) is 0 Å². The molecular weight excluding hydrogens is 364 g/mol. The average molecular weight is 385 g/mol. The predicted molar refractivity (Wildman–Crippen MR) is 108 cm³/mol. The zero-order valence-electron chi connectivity index (χ0n) is 14.6. The van der Waals surface area contributed by atoms with E-state index >= 15 is 0 Å². The summed E-state index contributed by atoms with van der Waals surface area (Å²) in [5.41, 5.74) is 1.80. The Balaban J connectivity index is 1.62. The van der Waals surface area contributed by atoms with Crippen LogP contribution in [0, 0.1) is 0 Å². The van der Waals surface area contributed by atoms with Gasteiger partial charge in [-0.05, 0) is 30.7 Å². The van der Waals surface area contributed by atoms with E-state index in [4.69, 9.17) is 0 Å². The Labute approximate surface area is 161 Å². The van der Waals surface area contributed by atoms with Crippen molar-refractivity contribution in [2.24, 2.45) is 0 Å². The Hall–Kier alpha value is -1.92. The molecule has 26 heavy (non-hydrogen) atoms. The molecule has 2 aliphatic heterocycles. The number of hydrogen-bond donors (Lipinski definition) is 0. The summed E-state index contributed by atoms with van der Waals surface area (Å²) in [6.07, 6.45) is 0.936. The van der Waals surface area contributed by atoms with Gasteiger partial charge in [0, 0.05) is 21.6 Å². The van der Waals surface area contributed by atoms with Crippen LogP contribution in [0.25, 0.3) is 0 Å². The van der Waals surface area contributed by atoms with Crippen molar-refractivity contribution in [2.45, 2.75) is 28.4 Å². The summed E-state index contributed by atoms with van der Waals surface area (Å²) in [5, 5.41) is 0.461. The first-order valence-electron chi connectivity index (χ1n) is 8.72. The van der Waals surface area contributed by atoms with Crippen molar-refractivity contribution < 1.29 is 9.59 Å². The molecule has 1 unspecified atom stereocenters. The third-order valence-electron chi connectivity index (χ3n) is 4.65. The summed E-state index contributed by atoms with van der Waals surface area (Å²) >= 11 is 3.35. The number of fused-ring (bicyclic) bond motifs is 2. The Morgan fingerprint density at radius 2 is 1.77 bits per heavy atom. The summed E-state index contributed by atoms with van der Waals surface area (Å²) in [6, 6.07) is 15.8. The third kappa shape index (κ3) is 3.35. The van der Waals surface area contributed by atoms with Gasteiger partial charge in [-0.2, -0.15) is 0 Å². The highest BCUT2D eigenvalue weighted by atomic mass is 32.2. The van der Waals surface area contributed by atoms with E-state index in [2.05, 4.69) is 13.0 Å². The first-order valence-corrected chi connectivity index (χ1v) is 10.6. The molecule has 2 amide bonds. The van der Waals surface area contributed by atoms with Crippen LogP contribution in [0.4, 0.5) is 11.4 Å². The van der Waals surface area contributed by atoms with Crippen LogP contribution in [0.2, 0.25) is 0 Å². The summed E-state index contributed by atoms with van der Waals surface area (Å²) in [6.45, 7) is 2.96. The molecule has 134 valence electrons. The highest BCUT2D eigenvalue weighted by Crippen LogP contribution is 2.38. The van der Waals surface area contributed by atoms with Crippen molar-refractivity contribution in [3.05, 3.63) is 48.5 Å². The number of rotatable bonds is 2. The lowest BCUT2D eigenvalue weighted by atomic mass is 10.2. The van der Waals surface area contributed by atoms with Crippen LogP contribution >= 0.6 is 23.5 Å². The molecule has 0 radical (unpaired) electrons. The van der Waals surface area contributed by atoms with Gasteiger partial charge in [-0.25, -0.2) is 0 Å². The molecule has 0 N–H and O–H groups in total. The van der Waals surface area contributed by atoms with Crippen molar-refractivity contribution in [1.29, 1.82) is 0 Å². The van der Waals surface area contributed by atoms with Crippen molar-refractivity contribution in [2.75, 3.05) is 28.6 Å². The minimum atomic E-state index is -0.0257. The number of hydrogen-bond acceptors (Lipinski definition) is 4. The number of nitrogens with zero attached hydrogens (tertiary/aromatic N) is 2. The van der Waals surface area contributed by atoms with Crippen LogP contribution in [-0.2, 0) is 9.59 Å². The average Bonchev–Trinajstić information content (AvgIpc) is 2.82. The predicted octanol–water partition coefficient (Wildman–Crippen LogP) is 4.04. The summed E-state index contributed by atoms with van der Waals surface area (Å²) < 4.78 is 0. The molecule has 1 atom stereocenters. The number of carbonyl (C=O) groups excluding carboxylic acids is 2. The van der Waals surface area contributed by atoms with E-state index in [1.807, 2.05) is 59.1 Å². The zero-order chi connectivity index (χ0) is 18.1. The minimum absolute atomic E-state index is 0.00657. The molecule has 0 saturated heterocycles. The number of amides is 2. The van der Waals surface area contributed by atoms with E-state index in [0.29, 0.717) is 17.5 Å². The molecule has 0 aliphatic carbocycles. The highest BCUT2D eigenvalue weighted by molar-refractivity contribution is 8.00. The fraction of sp³-hybridized carbons (Fsp3) is 0.300. The molecule has 4 nitrogen and oxygen atoms in total. The first kappa shape index (κ1) is 17.5. The van der Waals surface area contributed by atoms with Gasteiger partial charge < -0.3 is 9.80 Å². The van der Waals surface area contributed by atoms with Crippen LogP contribution < -0.4 is 9.80 Å². The Morgan fingerprint density at radius 3 is 2.58 bits per heavy atom. The minimum Gasteiger partial charge on any atom is -0.310 e. The molecule has 4 rings (SSSR count). The number of benzene rings is 2. The van der Waals surface area contributed by atoms with Gasteiger partial charge in [0.2, 0.25) is 11.8 Å². The number of anilines is 2. The van der Waals surface area contributed by atoms with Gasteiger partial charge in [0.25, 0.3) is 0 Å². The van der Waals surface area contributed by atoms with Crippen molar-refractivity contribution in [3.63, 3.8) is 0 Å². The van der Waals surface area contributed by atoms with Crippen LogP contribution in [0.15, 0.2) is 58.3 Å². The normalized spacial score (nSPS) is 19.6. The molecule has 2 aromatic rings. The fourth-order valence-corrected chi connectivity index (χ4v) is 5.34. The first-order chi connectivity index (χ1) is 12.6. The van der Waals surface area contributed by atoms with E-state index in [1.54, 1.807) is 4.90 Å². The molecule has 2 heterocycles. The van der Waals surface area contributed by atoms with E-state index < -0.39 is 0 Å². The lowest BCUT2D eigenvalue weighted by Gasteiger charge is -2.31. The van der Waals surface area contributed by atoms with E-state index in [0.717, 1.165) is 27.6 Å². The molecule has 0 spiro atoms. The summed E-state index contributed by atoms with van der Waals surface area (Å²) in [4.78, 5) is 31.3. The molecule has 6 heteroatoms. The van der Waals surface area contributed by atoms with Gasteiger partial charge in [-0.1, -0.05) is 31.2 Å². The summed E-state index contributed by atoms with van der Waals surface area (Å²) in [7, 11) is 0. The molecule has 2 aromatic carbocycles. The lowest BCUT2D eigenvalue weighted by molar-refractivity contribution is -0.121. The smallest absolute Gasteiger partial charge is 0.247 e. The molecule has 0 fully saturated rings. The standard InChI is InChI=1S/C20H20N2O2S2/c1-14-10-11-21(16-7-3-5-9-18(16)26-14)19(23)12-22-15-6-2-4-8-17(15)25-13-20(22)24/h2-9,14H,10-13H2,1H3. The molecule has 0 aromatic heterocycles.